The molecular formula is C23H19N3O. The van der Waals surface area contributed by atoms with Crippen molar-refractivity contribution in [3.05, 3.63) is 102 Å². The first kappa shape index (κ1) is 16.8. The van der Waals surface area contributed by atoms with Gasteiger partial charge in [0.1, 0.15) is 0 Å². The van der Waals surface area contributed by atoms with Crippen LogP contribution < -0.4 is 5.32 Å². The number of benzene rings is 3. The minimum absolute atomic E-state index is 0.132. The number of carbonyl (C=O) groups is 1. The molecule has 27 heavy (non-hydrogen) atoms. The minimum atomic E-state index is -0.132. The molecule has 0 atom stereocenters. The third-order valence-corrected chi connectivity index (χ3v) is 4.31. The van der Waals surface area contributed by atoms with E-state index in [0.717, 1.165) is 28.3 Å². The molecule has 1 N–H and O–H groups in total. The highest BCUT2D eigenvalue weighted by Crippen LogP contribution is 2.24. The summed E-state index contributed by atoms with van der Waals surface area (Å²) >= 11 is 0. The highest BCUT2D eigenvalue weighted by molar-refractivity contribution is 6.04. The summed E-state index contributed by atoms with van der Waals surface area (Å²) in [5.74, 6) is -0.132. The first-order valence-electron chi connectivity index (χ1n) is 8.80. The Morgan fingerprint density at radius 3 is 2.15 bits per heavy atom. The van der Waals surface area contributed by atoms with Gasteiger partial charge in [-0.2, -0.15) is 5.10 Å². The molecule has 0 aliphatic rings. The minimum Gasteiger partial charge on any atom is -0.322 e. The maximum absolute atomic E-state index is 12.4. The zero-order chi connectivity index (χ0) is 18.6. The van der Waals surface area contributed by atoms with Crippen LogP contribution in [0.25, 0.3) is 16.9 Å². The largest absolute Gasteiger partial charge is 0.322 e. The summed E-state index contributed by atoms with van der Waals surface area (Å²) in [7, 11) is 0. The number of amides is 1. The molecule has 0 saturated heterocycles. The number of nitrogens with zero attached hydrogens (tertiary/aromatic N) is 2. The van der Waals surface area contributed by atoms with Crippen molar-refractivity contribution >= 4 is 11.6 Å². The number of carbonyl (C=O) groups excluding carboxylic acids is 1. The third kappa shape index (κ3) is 3.65. The molecule has 0 unspecified atom stereocenters. The molecule has 0 radical (unpaired) electrons. The van der Waals surface area contributed by atoms with Gasteiger partial charge in [-0.15, -0.1) is 0 Å². The normalized spacial score (nSPS) is 10.6. The maximum Gasteiger partial charge on any atom is 0.255 e. The average molecular weight is 353 g/mol. The van der Waals surface area contributed by atoms with E-state index >= 15 is 0 Å². The van der Waals surface area contributed by atoms with Crippen molar-refractivity contribution in [1.82, 2.24) is 9.78 Å². The molecule has 0 bridgehead atoms. The van der Waals surface area contributed by atoms with E-state index in [0.29, 0.717) is 5.56 Å². The molecule has 0 aliphatic carbocycles. The lowest BCUT2D eigenvalue weighted by molar-refractivity contribution is 0.102. The van der Waals surface area contributed by atoms with Crippen molar-refractivity contribution in [3.8, 4) is 16.9 Å². The lowest BCUT2D eigenvalue weighted by atomic mass is 10.1. The smallest absolute Gasteiger partial charge is 0.255 e. The Bertz CT molecular complexity index is 1050. The van der Waals surface area contributed by atoms with Crippen LogP contribution in [0.4, 0.5) is 5.69 Å². The fourth-order valence-corrected chi connectivity index (χ4v) is 2.99. The zero-order valence-corrected chi connectivity index (χ0v) is 15.0. The van der Waals surface area contributed by atoms with Gasteiger partial charge in [-0.3, -0.25) is 4.79 Å². The van der Waals surface area contributed by atoms with Gasteiger partial charge in [-0.25, -0.2) is 4.68 Å². The van der Waals surface area contributed by atoms with Crippen molar-refractivity contribution in [2.75, 3.05) is 5.32 Å². The molecule has 4 aromatic rings. The number of aromatic nitrogens is 2. The number of rotatable bonds is 4. The SMILES string of the molecule is Cc1cc(-c2ccccc2)n(-c2ccc(C(=O)Nc3ccccc3)cc2)n1. The van der Waals surface area contributed by atoms with Gasteiger partial charge in [0.25, 0.3) is 5.91 Å². The fourth-order valence-electron chi connectivity index (χ4n) is 2.99. The molecule has 0 fully saturated rings. The summed E-state index contributed by atoms with van der Waals surface area (Å²) in [4.78, 5) is 12.4. The quantitative estimate of drug-likeness (QED) is 0.555. The van der Waals surface area contributed by atoms with Gasteiger partial charge in [-0.1, -0.05) is 48.5 Å². The Labute approximate surface area is 158 Å². The average Bonchev–Trinajstić information content (AvgIpc) is 3.11. The second kappa shape index (κ2) is 7.30. The van der Waals surface area contributed by atoms with Gasteiger partial charge < -0.3 is 5.32 Å². The van der Waals surface area contributed by atoms with Crippen molar-refractivity contribution in [3.63, 3.8) is 0 Å². The number of hydrogen-bond acceptors (Lipinski definition) is 2. The van der Waals surface area contributed by atoms with Gasteiger partial charge in [-0.05, 0) is 49.4 Å². The number of anilines is 1. The molecule has 1 heterocycles. The molecule has 4 nitrogen and oxygen atoms in total. The summed E-state index contributed by atoms with van der Waals surface area (Å²) in [6, 6.07) is 29.1. The highest BCUT2D eigenvalue weighted by Gasteiger charge is 2.11. The second-order valence-electron chi connectivity index (χ2n) is 6.32. The molecule has 1 aromatic heterocycles. The van der Waals surface area contributed by atoms with Crippen LogP contribution in [0.3, 0.4) is 0 Å². The number of aryl methyl sites for hydroxylation is 1. The summed E-state index contributed by atoms with van der Waals surface area (Å²) in [5, 5.41) is 7.51. The fraction of sp³-hybridized carbons (Fsp3) is 0.0435. The van der Waals surface area contributed by atoms with Crippen LogP contribution in [0.5, 0.6) is 0 Å². The molecule has 0 saturated carbocycles. The first-order chi connectivity index (χ1) is 13.2. The van der Waals surface area contributed by atoms with E-state index < -0.39 is 0 Å². The lowest BCUT2D eigenvalue weighted by Gasteiger charge is -2.09. The number of nitrogens with one attached hydrogen (secondary N) is 1. The highest BCUT2D eigenvalue weighted by atomic mass is 16.1. The van der Waals surface area contributed by atoms with Crippen molar-refractivity contribution in [2.45, 2.75) is 6.92 Å². The first-order valence-corrected chi connectivity index (χ1v) is 8.80. The zero-order valence-electron chi connectivity index (χ0n) is 15.0. The van der Waals surface area contributed by atoms with Crippen molar-refractivity contribution in [2.24, 2.45) is 0 Å². The molecule has 1 amide bonds. The summed E-state index contributed by atoms with van der Waals surface area (Å²) in [6.45, 7) is 1.98. The van der Waals surface area contributed by atoms with E-state index in [1.165, 1.54) is 0 Å². The van der Waals surface area contributed by atoms with Gasteiger partial charge in [0.15, 0.2) is 0 Å². The topological polar surface area (TPSA) is 46.9 Å². The van der Waals surface area contributed by atoms with Crippen LogP contribution in [0.1, 0.15) is 16.1 Å². The predicted molar refractivity (Wildman–Crippen MR) is 108 cm³/mol. The van der Waals surface area contributed by atoms with Crippen molar-refractivity contribution in [1.29, 1.82) is 0 Å². The molecule has 0 aliphatic heterocycles. The third-order valence-electron chi connectivity index (χ3n) is 4.31. The molecule has 4 heteroatoms. The maximum atomic E-state index is 12.4. The summed E-state index contributed by atoms with van der Waals surface area (Å²) in [5.41, 5.74) is 5.37. The van der Waals surface area contributed by atoms with E-state index in [9.17, 15) is 4.79 Å². The van der Waals surface area contributed by atoms with E-state index in [1.54, 1.807) is 0 Å². The Morgan fingerprint density at radius 1 is 0.852 bits per heavy atom. The van der Waals surface area contributed by atoms with Crippen LogP contribution in [-0.4, -0.2) is 15.7 Å². The van der Waals surface area contributed by atoms with Gasteiger partial charge >= 0.3 is 0 Å². The summed E-state index contributed by atoms with van der Waals surface area (Å²) in [6.07, 6.45) is 0. The number of para-hydroxylation sites is 1. The molecule has 4 rings (SSSR count). The van der Waals surface area contributed by atoms with E-state index in [2.05, 4.69) is 28.6 Å². The Hall–Kier alpha value is -3.66. The second-order valence-corrected chi connectivity index (χ2v) is 6.32. The van der Waals surface area contributed by atoms with Crippen LogP contribution in [-0.2, 0) is 0 Å². The molecular weight excluding hydrogens is 334 g/mol. The van der Waals surface area contributed by atoms with Crippen LogP contribution in [0.15, 0.2) is 91.0 Å². The van der Waals surface area contributed by atoms with E-state index in [1.807, 2.05) is 84.4 Å². The summed E-state index contributed by atoms with van der Waals surface area (Å²) < 4.78 is 1.91. The van der Waals surface area contributed by atoms with Crippen LogP contribution >= 0.6 is 0 Å². The Morgan fingerprint density at radius 2 is 1.48 bits per heavy atom. The van der Waals surface area contributed by atoms with Gasteiger partial charge in [0.05, 0.1) is 17.1 Å². The van der Waals surface area contributed by atoms with Gasteiger partial charge in [0.2, 0.25) is 0 Å². The Balaban J connectivity index is 1.61. The molecule has 0 spiro atoms. The predicted octanol–water partition coefficient (Wildman–Crippen LogP) is 5.10. The van der Waals surface area contributed by atoms with E-state index in [4.69, 9.17) is 0 Å². The van der Waals surface area contributed by atoms with Crippen LogP contribution in [0, 0.1) is 6.92 Å². The molecule has 3 aromatic carbocycles. The number of hydrogen-bond donors (Lipinski definition) is 1. The van der Waals surface area contributed by atoms with E-state index in [-0.39, 0.29) is 5.91 Å². The van der Waals surface area contributed by atoms with Gasteiger partial charge in [0, 0.05) is 16.8 Å². The standard InChI is InChI=1S/C23H19N3O/c1-17-16-22(18-8-4-2-5-9-18)26(25-17)21-14-12-19(13-15-21)23(27)24-20-10-6-3-7-11-20/h2-16H,1H3,(H,24,27). The molecule has 132 valence electrons. The Kier molecular flexibility index (Phi) is 4.54. The lowest BCUT2D eigenvalue weighted by Crippen LogP contribution is -2.11. The monoisotopic (exact) mass is 353 g/mol. The van der Waals surface area contributed by atoms with Crippen molar-refractivity contribution < 1.29 is 4.79 Å². The van der Waals surface area contributed by atoms with Crippen LogP contribution in [0.2, 0.25) is 0 Å².